The molecule has 2 aromatic rings. The van der Waals surface area contributed by atoms with Gasteiger partial charge in [-0.2, -0.15) is 0 Å². The predicted octanol–water partition coefficient (Wildman–Crippen LogP) is -0.852. The van der Waals surface area contributed by atoms with Crippen molar-refractivity contribution in [2.75, 3.05) is 19.1 Å². The third kappa shape index (κ3) is 3.79. The molecule has 1 atom stereocenters. The highest BCUT2D eigenvalue weighted by atomic mass is 16.5. The number of hydrogen-bond donors (Lipinski definition) is 3. The van der Waals surface area contributed by atoms with Crippen LogP contribution in [0.4, 0.5) is 0 Å². The van der Waals surface area contributed by atoms with Crippen molar-refractivity contribution in [3.8, 4) is 5.75 Å². The number of aliphatic hydroxyl groups is 1. The van der Waals surface area contributed by atoms with Crippen molar-refractivity contribution in [1.29, 1.82) is 0 Å². The van der Waals surface area contributed by atoms with E-state index in [2.05, 4.69) is 20.9 Å². The van der Waals surface area contributed by atoms with Gasteiger partial charge in [0.15, 0.2) is 0 Å². The molecule has 1 heterocycles. The molecule has 3 N–H and O–H groups in total. The van der Waals surface area contributed by atoms with Crippen molar-refractivity contribution < 1.29 is 19.4 Å². The summed E-state index contributed by atoms with van der Waals surface area (Å²) in [5.74, 6) is -0.586. The highest BCUT2D eigenvalue weighted by molar-refractivity contribution is 5.99. The van der Waals surface area contributed by atoms with Crippen molar-refractivity contribution in [2.45, 2.75) is 6.04 Å². The summed E-state index contributed by atoms with van der Waals surface area (Å²) in [4.78, 5) is 24.0. The van der Waals surface area contributed by atoms with Crippen LogP contribution < -0.4 is 15.5 Å². The van der Waals surface area contributed by atoms with Gasteiger partial charge < -0.3 is 15.2 Å². The molecular formula is C13H15N5O4. The Hall–Kier alpha value is -2.94. The number of aromatic nitrogens is 3. The smallest absolute Gasteiger partial charge is 0.263 e. The number of carbonyl (C=O) groups excluding carboxylic acids is 2. The predicted molar refractivity (Wildman–Crippen MR) is 75.7 cm³/mol. The Labute approximate surface area is 125 Å². The maximum atomic E-state index is 12.1. The topological polar surface area (TPSA) is 118 Å². The first-order chi connectivity index (χ1) is 10.6. The van der Waals surface area contributed by atoms with E-state index in [9.17, 15) is 14.7 Å². The number of aliphatic hydroxyl groups excluding tert-OH is 1. The zero-order valence-electron chi connectivity index (χ0n) is 11.8. The molecule has 2 amide bonds. The van der Waals surface area contributed by atoms with Gasteiger partial charge in [-0.05, 0) is 18.2 Å². The standard InChI is InChI=1S/C13H15N5O4/c1-22-10-4-2-3-9(5-10)12(20)16-11(6-19)13(21)17-18-7-14-15-8-18/h2-5,7-8,11,19H,6H2,1H3,(H,16,20)(H,17,21)/t11-/m0/s1. The van der Waals surface area contributed by atoms with Crippen LogP contribution in [0.5, 0.6) is 5.75 Å². The summed E-state index contributed by atoms with van der Waals surface area (Å²) in [6.45, 7) is -0.552. The lowest BCUT2D eigenvalue weighted by Gasteiger charge is -2.16. The van der Waals surface area contributed by atoms with E-state index in [-0.39, 0.29) is 0 Å². The summed E-state index contributed by atoms with van der Waals surface area (Å²) in [6, 6.07) is 5.34. The molecule has 0 radical (unpaired) electrons. The van der Waals surface area contributed by atoms with Gasteiger partial charge in [0.05, 0.1) is 13.7 Å². The van der Waals surface area contributed by atoms with Gasteiger partial charge in [-0.15, -0.1) is 10.2 Å². The second-order valence-electron chi connectivity index (χ2n) is 4.29. The van der Waals surface area contributed by atoms with E-state index >= 15 is 0 Å². The molecule has 0 aliphatic heterocycles. The van der Waals surface area contributed by atoms with Crippen molar-refractivity contribution in [1.82, 2.24) is 20.2 Å². The summed E-state index contributed by atoms with van der Waals surface area (Å²) in [5.41, 5.74) is 2.72. The van der Waals surface area contributed by atoms with Crippen LogP contribution in [0, 0.1) is 0 Å². The highest BCUT2D eigenvalue weighted by Crippen LogP contribution is 2.12. The van der Waals surface area contributed by atoms with E-state index in [4.69, 9.17) is 4.74 Å². The van der Waals surface area contributed by atoms with Crippen LogP contribution in [-0.2, 0) is 4.79 Å². The molecule has 0 fully saturated rings. The van der Waals surface area contributed by atoms with Crippen LogP contribution in [0.2, 0.25) is 0 Å². The molecule has 0 spiro atoms. The van der Waals surface area contributed by atoms with E-state index in [0.29, 0.717) is 11.3 Å². The number of ether oxygens (including phenoxy) is 1. The lowest BCUT2D eigenvalue weighted by atomic mass is 10.2. The minimum atomic E-state index is -1.11. The molecule has 9 heteroatoms. The summed E-state index contributed by atoms with van der Waals surface area (Å²) in [5, 5.41) is 18.8. The average molecular weight is 305 g/mol. The molecule has 0 aliphatic carbocycles. The Morgan fingerprint density at radius 1 is 1.36 bits per heavy atom. The zero-order valence-corrected chi connectivity index (χ0v) is 11.8. The van der Waals surface area contributed by atoms with Crippen molar-refractivity contribution >= 4 is 11.8 Å². The monoisotopic (exact) mass is 305 g/mol. The second-order valence-corrected chi connectivity index (χ2v) is 4.29. The van der Waals surface area contributed by atoms with Crippen LogP contribution in [0.3, 0.4) is 0 Å². The molecule has 0 unspecified atom stereocenters. The van der Waals surface area contributed by atoms with Gasteiger partial charge in [0.25, 0.3) is 11.8 Å². The summed E-state index contributed by atoms with van der Waals surface area (Å²) >= 11 is 0. The molecule has 2 rings (SSSR count). The van der Waals surface area contributed by atoms with E-state index < -0.39 is 24.5 Å². The first-order valence-electron chi connectivity index (χ1n) is 6.35. The third-order valence-corrected chi connectivity index (χ3v) is 2.79. The first-order valence-corrected chi connectivity index (χ1v) is 6.35. The highest BCUT2D eigenvalue weighted by Gasteiger charge is 2.21. The maximum absolute atomic E-state index is 12.1. The third-order valence-electron chi connectivity index (χ3n) is 2.79. The largest absolute Gasteiger partial charge is 0.497 e. The van der Waals surface area contributed by atoms with E-state index in [0.717, 1.165) is 0 Å². The summed E-state index contributed by atoms with van der Waals surface area (Å²) < 4.78 is 6.24. The van der Waals surface area contributed by atoms with Crippen LogP contribution in [0.25, 0.3) is 0 Å². The van der Waals surface area contributed by atoms with Crippen LogP contribution in [-0.4, -0.2) is 51.6 Å². The molecule has 0 bridgehead atoms. The van der Waals surface area contributed by atoms with Crippen LogP contribution in [0.1, 0.15) is 10.4 Å². The van der Waals surface area contributed by atoms with Gasteiger partial charge in [-0.3, -0.25) is 15.0 Å². The number of nitrogens with one attached hydrogen (secondary N) is 2. The minimum absolute atomic E-state index is 0.315. The number of rotatable bonds is 6. The first kappa shape index (κ1) is 15.4. The maximum Gasteiger partial charge on any atom is 0.263 e. The normalized spacial score (nSPS) is 11.5. The Bertz CT molecular complexity index is 644. The Kier molecular flexibility index (Phi) is 5.04. The van der Waals surface area contributed by atoms with Crippen molar-refractivity contribution in [2.24, 2.45) is 0 Å². The quantitative estimate of drug-likeness (QED) is 0.639. The molecule has 22 heavy (non-hydrogen) atoms. The van der Waals surface area contributed by atoms with E-state index in [1.54, 1.807) is 18.2 Å². The van der Waals surface area contributed by atoms with Crippen LogP contribution >= 0.6 is 0 Å². The van der Waals surface area contributed by atoms with Gasteiger partial charge in [-0.25, -0.2) is 4.68 Å². The summed E-state index contributed by atoms with van der Waals surface area (Å²) in [7, 11) is 1.49. The van der Waals surface area contributed by atoms with Gasteiger partial charge in [0.1, 0.15) is 24.4 Å². The Morgan fingerprint density at radius 2 is 2.09 bits per heavy atom. The fourth-order valence-corrected chi connectivity index (χ4v) is 1.66. The van der Waals surface area contributed by atoms with Crippen molar-refractivity contribution in [3.63, 3.8) is 0 Å². The summed E-state index contributed by atoms with van der Waals surface area (Å²) in [6.07, 6.45) is 2.55. The van der Waals surface area contributed by atoms with Gasteiger partial charge in [0.2, 0.25) is 0 Å². The Morgan fingerprint density at radius 3 is 2.73 bits per heavy atom. The number of amides is 2. The fourth-order valence-electron chi connectivity index (χ4n) is 1.66. The molecule has 1 aromatic carbocycles. The minimum Gasteiger partial charge on any atom is -0.497 e. The molecule has 116 valence electrons. The molecule has 9 nitrogen and oxygen atoms in total. The van der Waals surface area contributed by atoms with Gasteiger partial charge in [0, 0.05) is 5.56 Å². The lowest BCUT2D eigenvalue weighted by molar-refractivity contribution is -0.119. The van der Waals surface area contributed by atoms with Gasteiger partial charge in [-0.1, -0.05) is 6.07 Å². The Balaban J connectivity index is 2.02. The molecule has 0 aliphatic rings. The van der Waals surface area contributed by atoms with Gasteiger partial charge >= 0.3 is 0 Å². The second kappa shape index (κ2) is 7.18. The van der Waals surface area contributed by atoms with E-state index in [1.807, 2.05) is 0 Å². The number of hydrogen-bond acceptors (Lipinski definition) is 6. The molecule has 0 saturated heterocycles. The molecule has 1 aromatic heterocycles. The van der Waals surface area contributed by atoms with Crippen LogP contribution in [0.15, 0.2) is 36.9 Å². The fraction of sp³-hybridized carbons (Fsp3) is 0.231. The number of nitrogens with zero attached hydrogens (tertiary/aromatic N) is 3. The lowest BCUT2D eigenvalue weighted by Crippen LogP contribution is -2.47. The number of methoxy groups -OCH3 is 1. The zero-order chi connectivity index (χ0) is 15.9. The number of carbonyl (C=O) groups is 2. The molecule has 0 saturated carbocycles. The average Bonchev–Trinajstić information content (AvgIpc) is 3.05. The van der Waals surface area contributed by atoms with Crippen molar-refractivity contribution in [3.05, 3.63) is 42.5 Å². The SMILES string of the molecule is COc1cccc(C(=O)N[C@@H](CO)C(=O)Nn2cnnc2)c1. The van der Waals surface area contributed by atoms with E-state index in [1.165, 1.54) is 30.5 Å². The number of benzene rings is 1. The molecular weight excluding hydrogens is 290 g/mol.